The minimum atomic E-state index is -3.21. The van der Waals surface area contributed by atoms with Gasteiger partial charge in [-0.3, -0.25) is 4.68 Å². The van der Waals surface area contributed by atoms with Crippen LogP contribution >= 0.6 is 0 Å². The highest BCUT2D eigenvalue weighted by Gasteiger charge is 2.17. The molecule has 0 fully saturated rings. The number of nitrogens with zero attached hydrogens (tertiary/aromatic N) is 2. The van der Waals surface area contributed by atoms with Crippen LogP contribution in [0.2, 0.25) is 0 Å². The lowest BCUT2D eigenvalue weighted by atomic mass is 10.1. The number of hydrogen-bond donors (Lipinski definition) is 1. The molecule has 0 saturated carbocycles. The molecule has 2 unspecified atom stereocenters. The zero-order chi connectivity index (χ0) is 11.6. The number of aliphatic hydroxyl groups is 1. The molecule has 1 aromatic heterocycles. The number of aromatic nitrogens is 2. The number of rotatable bonds is 4. The van der Waals surface area contributed by atoms with Gasteiger partial charge < -0.3 is 5.11 Å². The molecule has 86 valence electrons. The van der Waals surface area contributed by atoms with Gasteiger partial charge >= 0.3 is 0 Å². The van der Waals surface area contributed by atoms with E-state index in [0.29, 0.717) is 6.42 Å². The van der Waals surface area contributed by atoms with Crippen LogP contribution in [-0.2, 0) is 9.84 Å². The maximum absolute atomic E-state index is 11.2. The third-order valence-corrected chi connectivity index (χ3v) is 3.47. The zero-order valence-corrected chi connectivity index (χ0v) is 9.90. The van der Waals surface area contributed by atoms with Gasteiger partial charge in [0.05, 0.1) is 18.3 Å². The third kappa shape index (κ3) is 2.79. The van der Waals surface area contributed by atoms with Crippen molar-refractivity contribution in [3.05, 3.63) is 12.4 Å². The highest BCUT2D eigenvalue weighted by Crippen LogP contribution is 2.15. The zero-order valence-electron chi connectivity index (χ0n) is 9.08. The van der Waals surface area contributed by atoms with Gasteiger partial charge in [0.1, 0.15) is 4.90 Å². The summed E-state index contributed by atoms with van der Waals surface area (Å²) < 4.78 is 23.9. The summed E-state index contributed by atoms with van der Waals surface area (Å²) in [5.74, 6) is 0. The summed E-state index contributed by atoms with van der Waals surface area (Å²) in [6.07, 6.45) is 3.97. The Kier molecular flexibility index (Phi) is 3.51. The average molecular weight is 232 g/mol. The van der Waals surface area contributed by atoms with Crippen molar-refractivity contribution >= 4 is 9.84 Å². The standard InChI is InChI=1S/C9H16N2O3S/c1-4-9(12)7(2)11-6-8(5-10-11)15(3,13)14/h5-7,9,12H,4H2,1-3H3. The summed E-state index contributed by atoms with van der Waals surface area (Å²) in [4.78, 5) is 0.178. The number of aliphatic hydroxyl groups excluding tert-OH is 1. The second kappa shape index (κ2) is 4.32. The first-order valence-electron chi connectivity index (χ1n) is 4.78. The Morgan fingerprint density at radius 2 is 2.20 bits per heavy atom. The molecule has 1 aromatic rings. The molecular formula is C9H16N2O3S. The van der Waals surface area contributed by atoms with E-state index >= 15 is 0 Å². The summed E-state index contributed by atoms with van der Waals surface area (Å²) in [5, 5.41) is 13.5. The normalized spacial score (nSPS) is 16.3. The predicted molar refractivity (Wildman–Crippen MR) is 56.3 cm³/mol. The van der Waals surface area contributed by atoms with Crippen molar-refractivity contribution in [3.63, 3.8) is 0 Å². The van der Waals surface area contributed by atoms with E-state index in [9.17, 15) is 13.5 Å². The molecular weight excluding hydrogens is 216 g/mol. The van der Waals surface area contributed by atoms with E-state index in [1.165, 1.54) is 17.1 Å². The molecule has 1 heterocycles. The fourth-order valence-electron chi connectivity index (χ4n) is 1.25. The lowest BCUT2D eigenvalue weighted by Crippen LogP contribution is -2.21. The van der Waals surface area contributed by atoms with E-state index in [0.717, 1.165) is 6.26 Å². The van der Waals surface area contributed by atoms with Gasteiger partial charge in [0.15, 0.2) is 9.84 Å². The summed E-state index contributed by atoms with van der Waals surface area (Å²) in [5.41, 5.74) is 0. The molecule has 0 amide bonds. The quantitative estimate of drug-likeness (QED) is 0.826. The molecule has 15 heavy (non-hydrogen) atoms. The summed E-state index contributed by atoms with van der Waals surface area (Å²) in [6, 6.07) is -0.217. The van der Waals surface area contributed by atoms with Gasteiger partial charge in [-0.25, -0.2) is 8.42 Å². The number of hydrogen-bond acceptors (Lipinski definition) is 4. The minimum Gasteiger partial charge on any atom is -0.391 e. The molecule has 0 radical (unpaired) electrons. The highest BCUT2D eigenvalue weighted by molar-refractivity contribution is 7.90. The molecule has 2 atom stereocenters. The van der Waals surface area contributed by atoms with Crippen molar-refractivity contribution in [1.29, 1.82) is 0 Å². The molecule has 5 nitrogen and oxygen atoms in total. The van der Waals surface area contributed by atoms with Crippen molar-refractivity contribution < 1.29 is 13.5 Å². The van der Waals surface area contributed by atoms with Crippen molar-refractivity contribution in [2.75, 3.05) is 6.26 Å². The van der Waals surface area contributed by atoms with E-state index in [1.54, 1.807) is 6.92 Å². The average Bonchev–Trinajstić information content (AvgIpc) is 2.63. The molecule has 0 aromatic carbocycles. The summed E-state index contributed by atoms with van der Waals surface area (Å²) >= 11 is 0. The first kappa shape index (κ1) is 12.2. The van der Waals surface area contributed by atoms with E-state index in [1.807, 2.05) is 6.92 Å². The van der Waals surface area contributed by atoms with Crippen LogP contribution in [0.3, 0.4) is 0 Å². The van der Waals surface area contributed by atoms with Crippen molar-refractivity contribution in [2.45, 2.75) is 37.3 Å². The monoisotopic (exact) mass is 232 g/mol. The van der Waals surface area contributed by atoms with Crippen LogP contribution in [-0.4, -0.2) is 35.7 Å². The predicted octanol–water partition coefficient (Wildman–Crippen LogP) is 0.619. The lowest BCUT2D eigenvalue weighted by Gasteiger charge is -2.17. The van der Waals surface area contributed by atoms with Crippen LogP contribution < -0.4 is 0 Å². The Bertz CT molecular complexity index is 424. The molecule has 0 aliphatic rings. The Morgan fingerprint density at radius 3 is 2.60 bits per heavy atom. The molecule has 0 saturated heterocycles. The van der Waals surface area contributed by atoms with Crippen molar-refractivity contribution in [2.24, 2.45) is 0 Å². The molecule has 6 heteroatoms. The molecule has 0 bridgehead atoms. The van der Waals surface area contributed by atoms with Gasteiger partial charge in [0.25, 0.3) is 0 Å². The first-order chi connectivity index (χ1) is 6.86. The summed E-state index contributed by atoms with van der Waals surface area (Å²) in [7, 11) is -3.21. The van der Waals surface area contributed by atoms with Crippen molar-refractivity contribution in [3.8, 4) is 0 Å². The van der Waals surface area contributed by atoms with Crippen LogP contribution in [0.25, 0.3) is 0 Å². The fraction of sp³-hybridized carbons (Fsp3) is 0.667. The topological polar surface area (TPSA) is 72.2 Å². The van der Waals surface area contributed by atoms with Crippen LogP contribution in [0, 0.1) is 0 Å². The maximum Gasteiger partial charge on any atom is 0.178 e. The van der Waals surface area contributed by atoms with E-state index in [4.69, 9.17) is 0 Å². The van der Waals surface area contributed by atoms with Gasteiger partial charge in [-0.15, -0.1) is 0 Å². The van der Waals surface area contributed by atoms with E-state index in [-0.39, 0.29) is 10.9 Å². The second-order valence-corrected chi connectivity index (χ2v) is 5.66. The smallest absolute Gasteiger partial charge is 0.178 e. The maximum atomic E-state index is 11.2. The van der Waals surface area contributed by atoms with Crippen molar-refractivity contribution in [1.82, 2.24) is 9.78 Å². The Balaban J connectivity index is 2.94. The Morgan fingerprint density at radius 1 is 1.60 bits per heavy atom. The van der Waals surface area contributed by atoms with E-state index in [2.05, 4.69) is 5.10 Å². The van der Waals surface area contributed by atoms with Gasteiger partial charge in [-0.05, 0) is 13.3 Å². The molecule has 1 rings (SSSR count). The Hall–Kier alpha value is -0.880. The minimum absolute atomic E-state index is 0.178. The van der Waals surface area contributed by atoms with Crippen LogP contribution in [0.5, 0.6) is 0 Å². The largest absolute Gasteiger partial charge is 0.391 e. The number of sulfone groups is 1. The van der Waals surface area contributed by atoms with Gasteiger partial charge in [0.2, 0.25) is 0 Å². The van der Waals surface area contributed by atoms with Gasteiger partial charge in [-0.2, -0.15) is 5.10 Å². The lowest BCUT2D eigenvalue weighted by molar-refractivity contribution is 0.111. The third-order valence-electron chi connectivity index (χ3n) is 2.40. The van der Waals surface area contributed by atoms with Gasteiger partial charge in [0, 0.05) is 12.5 Å². The molecule has 1 N–H and O–H groups in total. The molecule has 0 aliphatic heterocycles. The SMILES string of the molecule is CCC(O)C(C)n1cc(S(C)(=O)=O)cn1. The fourth-order valence-corrected chi connectivity index (χ4v) is 1.79. The highest BCUT2D eigenvalue weighted by atomic mass is 32.2. The molecule has 0 aliphatic carbocycles. The van der Waals surface area contributed by atoms with E-state index < -0.39 is 15.9 Å². The molecule has 0 spiro atoms. The summed E-state index contributed by atoms with van der Waals surface area (Å²) in [6.45, 7) is 3.66. The first-order valence-corrected chi connectivity index (χ1v) is 6.67. The van der Waals surface area contributed by atoms with Gasteiger partial charge in [-0.1, -0.05) is 6.92 Å². The second-order valence-electron chi connectivity index (χ2n) is 3.64. The van der Waals surface area contributed by atoms with Crippen LogP contribution in [0.15, 0.2) is 17.3 Å². The Labute approximate surface area is 89.6 Å². The van der Waals surface area contributed by atoms with Crippen LogP contribution in [0.4, 0.5) is 0 Å². The van der Waals surface area contributed by atoms with Crippen LogP contribution in [0.1, 0.15) is 26.3 Å².